The maximum Gasteiger partial charge on any atom is 0.337 e. The van der Waals surface area contributed by atoms with Crippen LogP contribution in [0, 0.1) is 0 Å². The fourth-order valence-electron chi connectivity index (χ4n) is 3.13. The van der Waals surface area contributed by atoms with Gasteiger partial charge in [0.25, 0.3) is 0 Å². The van der Waals surface area contributed by atoms with E-state index >= 15 is 0 Å². The van der Waals surface area contributed by atoms with Gasteiger partial charge in [-0.25, -0.2) is 14.8 Å². The molecule has 1 atom stereocenters. The molecule has 3 rings (SSSR count). The summed E-state index contributed by atoms with van der Waals surface area (Å²) in [5, 5.41) is 4.05. The maximum absolute atomic E-state index is 12.4. The highest BCUT2D eigenvalue weighted by Crippen LogP contribution is 2.45. The van der Waals surface area contributed by atoms with Crippen LogP contribution in [0.4, 0.5) is 0 Å². The molecule has 5 nitrogen and oxygen atoms in total. The molecule has 0 radical (unpaired) electrons. The van der Waals surface area contributed by atoms with Crippen molar-refractivity contribution < 1.29 is 14.3 Å². The number of esters is 1. The molecular weight excluding hydrogens is 304 g/mol. The van der Waals surface area contributed by atoms with E-state index in [0.29, 0.717) is 35.9 Å². The number of hydrazine groups is 1. The molecule has 116 valence electrons. The molecule has 0 N–H and O–H groups in total. The Hall–Kier alpha value is -1.85. The first kappa shape index (κ1) is 15.1. The van der Waals surface area contributed by atoms with Gasteiger partial charge in [-0.15, -0.1) is 0 Å². The number of amides is 1. The summed E-state index contributed by atoms with van der Waals surface area (Å²) in [6.07, 6.45) is 0.439. The number of hydrogen-bond donors (Lipinski definition) is 0. The molecule has 1 saturated heterocycles. The molecule has 1 aromatic rings. The van der Waals surface area contributed by atoms with E-state index in [1.165, 1.54) is 0 Å². The summed E-state index contributed by atoms with van der Waals surface area (Å²) in [7, 11) is 0. The molecule has 1 fully saturated rings. The highest BCUT2D eigenvalue weighted by Gasteiger charge is 2.47. The van der Waals surface area contributed by atoms with E-state index < -0.39 is 5.97 Å². The van der Waals surface area contributed by atoms with Gasteiger partial charge in [0.2, 0.25) is 5.91 Å². The quantitative estimate of drug-likeness (QED) is 0.803. The highest BCUT2D eigenvalue weighted by atomic mass is 35.5. The van der Waals surface area contributed by atoms with Gasteiger partial charge < -0.3 is 4.74 Å². The minimum Gasteiger partial charge on any atom is -0.463 e. The molecule has 0 bridgehead atoms. The second kappa shape index (κ2) is 5.74. The van der Waals surface area contributed by atoms with Crippen molar-refractivity contribution in [1.29, 1.82) is 0 Å². The topological polar surface area (TPSA) is 49.9 Å². The first-order chi connectivity index (χ1) is 10.6. The molecule has 1 amide bonds. The molecule has 6 heteroatoms. The smallest absolute Gasteiger partial charge is 0.337 e. The summed E-state index contributed by atoms with van der Waals surface area (Å²) in [5.41, 5.74) is 1.93. The van der Waals surface area contributed by atoms with Crippen molar-refractivity contribution in [3.8, 4) is 0 Å². The van der Waals surface area contributed by atoms with E-state index in [1.807, 2.05) is 23.2 Å². The van der Waals surface area contributed by atoms with E-state index in [1.54, 1.807) is 24.9 Å². The highest BCUT2D eigenvalue weighted by molar-refractivity contribution is 6.31. The average molecular weight is 321 g/mol. The molecule has 1 unspecified atom stereocenters. The largest absolute Gasteiger partial charge is 0.463 e. The van der Waals surface area contributed by atoms with E-state index in [4.69, 9.17) is 16.3 Å². The Morgan fingerprint density at radius 1 is 1.41 bits per heavy atom. The molecular formula is C16H17ClN2O3. The number of hydrogen-bond acceptors (Lipinski definition) is 4. The van der Waals surface area contributed by atoms with Gasteiger partial charge in [-0.3, -0.25) is 4.79 Å². The zero-order valence-corrected chi connectivity index (χ0v) is 13.3. The van der Waals surface area contributed by atoms with Gasteiger partial charge in [0.15, 0.2) is 0 Å². The standard InChI is InChI=1S/C16H17ClN2O3/c1-3-22-16(21)14-10(2)19-13(20)8-9-18(19)15(14)11-6-4-5-7-12(11)17/h4-7,15H,3,8-9H2,1-2H3. The lowest BCUT2D eigenvalue weighted by atomic mass is 9.97. The third-order valence-electron chi connectivity index (χ3n) is 4.02. The predicted octanol–water partition coefficient (Wildman–Crippen LogP) is 2.68. The third-order valence-corrected chi connectivity index (χ3v) is 4.37. The SMILES string of the molecule is CCOC(=O)C1=C(C)N2C(=O)CCN2C1c1ccccc1Cl. The predicted molar refractivity (Wildman–Crippen MR) is 81.7 cm³/mol. The number of halogens is 1. The lowest BCUT2D eigenvalue weighted by molar-refractivity contribution is -0.139. The fourth-order valence-corrected chi connectivity index (χ4v) is 3.36. The molecule has 1 aromatic carbocycles. The van der Waals surface area contributed by atoms with Crippen LogP contribution in [0.1, 0.15) is 31.9 Å². The van der Waals surface area contributed by atoms with Crippen molar-refractivity contribution in [1.82, 2.24) is 10.0 Å². The normalized spacial score (nSPS) is 21.5. The van der Waals surface area contributed by atoms with Gasteiger partial charge in [-0.2, -0.15) is 0 Å². The lowest BCUT2D eigenvalue weighted by Crippen LogP contribution is -2.34. The maximum atomic E-state index is 12.4. The molecule has 0 aliphatic carbocycles. The Labute approximate surface area is 134 Å². The molecule has 0 spiro atoms. The zero-order chi connectivity index (χ0) is 15.9. The van der Waals surface area contributed by atoms with Crippen molar-refractivity contribution in [2.45, 2.75) is 26.3 Å². The van der Waals surface area contributed by atoms with Crippen LogP contribution in [0.15, 0.2) is 35.5 Å². The van der Waals surface area contributed by atoms with Crippen LogP contribution >= 0.6 is 11.6 Å². The van der Waals surface area contributed by atoms with Gasteiger partial charge in [0.1, 0.15) is 0 Å². The van der Waals surface area contributed by atoms with Gasteiger partial charge in [-0.1, -0.05) is 29.8 Å². The second-order valence-corrected chi connectivity index (χ2v) is 5.67. The average Bonchev–Trinajstić information content (AvgIpc) is 2.99. The Balaban J connectivity index is 2.11. The van der Waals surface area contributed by atoms with Crippen molar-refractivity contribution >= 4 is 23.5 Å². The van der Waals surface area contributed by atoms with Gasteiger partial charge in [0, 0.05) is 23.7 Å². The summed E-state index contributed by atoms with van der Waals surface area (Å²) in [4.78, 5) is 24.5. The van der Waals surface area contributed by atoms with Crippen molar-refractivity contribution in [2.75, 3.05) is 13.2 Å². The first-order valence-electron chi connectivity index (χ1n) is 7.28. The second-order valence-electron chi connectivity index (χ2n) is 5.26. The number of ether oxygens (including phenoxy) is 1. The van der Waals surface area contributed by atoms with Crippen molar-refractivity contribution in [3.05, 3.63) is 46.1 Å². The number of allylic oxidation sites excluding steroid dienone is 1. The van der Waals surface area contributed by atoms with E-state index in [-0.39, 0.29) is 11.9 Å². The number of carbonyl (C=O) groups is 2. The van der Waals surface area contributed by atoms with Crippen molar-refractivity contribution in [3.63, 3.8) is 0 Å². The summed E-state index contributed by atoms with van der Waals surface area (Å²) in [6.45, 7) is 4.40. The third kappa shape index (κ3) is 2.21. The van der Waals surface area contributed by atoms with Crippen LogP contribution in [-0.4, -0.2) is 35.0 Å². The van der Waals surface area contributed by atoms with E-state index in [9.17, 15) is 9.59 Å². The fraction of sp³-hybridized carbons (Fsp3) is 0.375. The summed E-state index contributed by atoms with van der Waals surface area (Å²) < 4.78 is 5.18. The lowest BCUT2D eigenvalue weighted by Gasteiger charge is -2.27. The summed E-state index contributed by atoms with van der Waals surface area (Å²) in [5.74, 6) is -0.402. The Kier molecular flexibility index (Phi) is 3.93. The van der Waals surface area contributed by atoms with Crippen LogP contribution in [0.25, 0.3) is 0 Å². The Bertz CT molecular complexity index is 671. The molecule has 2 aliphatic rings. The molecule has 22 heavy (non-hydrogen) atoms. The number of benzene rings is 1. The van der Waals surface area contributed by atoms with Crippen LogP contribution in [0.3, 0.4) is 0 Å². The van der Waals surface area contributed by atoms with Gasteiger partial charge in [0.05, 0.1) is 18.2 Å². The zero-order valence-electron chi connectivity index (χ0n) is 12.5. The summed E-state index contributed by atoms with van der Waals surface area (Å²) >= 11 is 6.32. The Morgan fingerprint density at radius 3 is 2.82 bits per heavy atom. The molecule has 0 aromatic heterocycles. The molecule has 2 aliphatic heterocycles. The Morgan fingerprint density at radius 2 is 2.14 bits per heavy atom. The van der Waals surface area contributed by atoms with Gasteiger partial charge in [-0.05, 0) is 25.5 Å². The van der Waals surface area contributed by atoms with Crippen LogP contribution < -0.4 is 0 Å². The van der Waals surface area contributed by atoms with E-state index in [2.05, 4.69) is 0 Å². The van der Waals surface area contributed by atoms with Crippen molar-refractivity contribution in [2.24, 2.45) is 0 Å². The first-order valence-corrected chi connectivity index (χ1v) is 7.65. The minimum absolute atomic E-state index is 0.00569. The van der Waals surface area contributed by atoms with E-state index in [0.717, 1.165) is 5.56 Å². The molecule has 0 saturated carbocycles. The van der Waals surface area contributed by atoms with Crippen LogP contribution in [0.5, 0.6) is 0 Å². The summed E-state index contributed by atoms with van der Waals surface area (Å²) in [6, 6.07) is 7.01. The minimum atomic E-state index is -0.396. The number of fused-ring (bicyclic) bond motifs is 1. The number of rotatable bonds is 3. The monoisotopic (exact) mass is 320 g/mol. The number of carbonyl (C=O) groups excluding carboxylic acids is 2. The van der Waals surface area contributed by atoms with Crippen LogP contribution in [0.2, 0.25) is 5.02 Å². The van der Waals surface area contributed by atoms with Gasteiger partial charge >= 0.3 is 5.97 Å². The van der Waals surface area contributed by atoms with Crippen LogP contribution in [-0.2, 0) is 14.3 Å². The number of nitrogens with zero attached hydrogens (tertiary/aromatic N) is 2. The molecule has 2 heterocycles.